The van der Waals surface area contributed by atoms with E-state index in [1.54, 1.807) is 0 Å². The van der Waals surface area contributed by atoms with Crippen molar-refractivity contribution >= 4 is 27.7 Å². The number of nitrogens with two attached hydrogens (primary N) is 1. The molecule has 0 aliphatic heterocycles. The van der Waals surface area contributed by atoms with Gasteiger partial charge < -0.3 is 15.8 Å². The summed E-state index contributed by atoms with van der Waals surface area (Å²) in [5.74, 6) is -1.02. The van der Waals surface area contributed by atoms with Crippen molar-refractivity contribution in [3.05, 3.63) is 32.4 Å². The number of aromatic nitrogens is 1. The first-order valence-electron chi connectivity index (χ1n) is 3.13. The van der Waals surface area contributed by atoms with E-state index in [-0.39, 0.29) is 16.0 Å². The Balaban J connectivity index is 3.20. The van der Waals surface area contributed by atoms with E-state index in [2.05, 4.69) is 20.9 Å². The van der Waals surface area contributed by atoms with Crippen molar-refractivity contribution in [1.82, 2.24) is 4.98 Å². The molecular formula is C6H4BrN3O3. The first-order chi connectivity index (χ1) is 6.02. The molecule has 0 unspecified atom stereocenters. The third kappa shape index (κ3) is 2.00. The second-order valence-electron chi connectivity index (χ2n) is 2.13. The Morgan fingerprint density at radius 2 is 2.23 bits per heavy atom. The standard InChI is InChI=1S/C6H4BrN3O3/c7-5-3(6(8)11)1-2-4(9-5)10(12)13/h1-2H,(H2,8,11). The smallest absolute Gasteiger partial charge is 0.364 e. The zero-order valence-corrected chi connectivity index (χ0v) is 7.82. The van der Waals surface area contributed by atoms with E-state index in [1.807, 2.05) is 0 Å². The van der Waals surface area contributed by atoms with Crippen LogP contribution in [0, 0.1) is 10.1 Å². The summed E-state index contributed by atoms with van der Waals surface area (Å²) in [5, 5.41) is 10.2. The third-order valence-corrected chi connectivity index (χ3v) is 1.89. The van der Waals surface area contributed by atoms with Gasteiger partial charge in [-0.3, -0.25) is 4.79 Å². The minimum Gasteiger partial charge on any atom is -0.365 e. The third-order valence-electron chi connectivity index (χ3n) is 1.29. The number of primary amides is 1. The average Bonchev–Trinajstić information content (AvgIpc) is 2.03. The summed E-state index contributed by atoms with van der Waals surface area (Å²) in [4.78, 5) is 23.8. The number of hydrogen-bond acceptors (Lipinski definition) is 4. The van der Waals surface area contributed by atoms with E-state index in [1.165, 1.54) is 6.07 Å². The van der Waals surface area contributed by atoms with Crippen LogP contribution < -0.4 is 5.73 Å². The van der Waals surface area contributed by atoms with E-state index in [0.717, 1.165) is 6.07 Å². The van der Waals surface area contributed by atoms with Crippen LogP contribution in [-0.2, 0) is 0 Å². The van der Waals surface area contributed by atoms with Gasteiger partial charge in [0.25, 0.3) is 5.91 Å². The van der Waals surface area contributed by atoms with Gasteiger partial charge in [-0.15, -0.1) is 0 Å². The Labute approximate surface area is 81.0 Å². The van der Waals surface area contributed by atoms with Gasteiger partial charge in [0.1, 0.15) is 0 Å². The summed E-state index contributed by atoms with van der Waals surface area (Å²) in [6, 6.07) is 2.36. The first kappa shape index (κ1) is 9.59. The molecule has 1 aromatic rings. The van der Waals surface area contributed by atoms with Gasteiger partial charge in [-0.05, 0) is 16.0 Å². The fourth-order valence-electron chi connectivity index (χ4n) is 0.710. The molecule has 68 valence electrons. The highest BCUT2D eigenvalue weighted by atomic mass is 79.9. The average molecular weight is 246 g/mol. The SMILES string of the molecule is NC(=O)c1ccc([N+](=O)[O-])nc1Br. The summed E-state index contributed by atoms with van der Waals surface area (Å²) < 4.78 is 0.0780. The van der Waals surface area contributed by atoms with Crippen LogP contribution in [0.25, 0.3) is 0 Å². The van der Waals surface area contributed by atoms with Gasteiger partial charge in [-0.1, -0.05) is 0 Å². The van der Waals surface area contributed by atoms with Gasteiger partial charge in [-0.2, -0.15) is 0 Å². The number of carbonyl (C=O) groups excluding carboxylic acids is 1. The van der Waals surface area contributed by atoms with E-state index in [4.69, 9.17) is 5.73 Å². The van der Waals surface area contributed by atoms with Crippen molar-refractivity contribution in [2.45, 2.75) is 0 Å². The van der Waals surface area contributed by atoms with Crippen LogP contribution in [0.3, 0.4) is 0 Å². The molecule has 0 aliphatic carbocycles. The zero-order valence-electron chi connectivity index (χ0n) is 6.23. The minimum atomic E-state index is -0.686. The molecule has 0 radical (unpaired) electrons. The van der Waals surface area contributed by atoms with E-state index in [0.29, 0.717) is 0 Å². The van der Waals surface area contributed by atoms with Crippen LogP contribution in [-0.4, -0.2) is 15.8 Å². The molecule has 1 amide bonds. The highest BCUT2D eigenvalue weighted by Crippen LogP contribution is 2.17. The number of nitrogens with zero attached hydrogens (tertiary/aromatic N) is 2. The molecule has 0 aromatic carbocycles. The normalized spacial score (nSPS) is 9.62. The van der Waals surface area contributed by atoms with E-state index in [9.17, 15) is 14.9 Å². The largest absolute Gasteiger partial charge is 0.365 e. The second-order valence-corrected chi connectivity index (χ2v) is 2.88. The number of hydrogen-bond donors (Lipinski definition) is 1. The number of rotatable bonds is 2. The maximum atomic E-state index is 10.7. The predicted octanol–water partition coefficient (Wildman–Crippen LogP) is 0.851. The maximum absolute atomic E-state index is 10.7. The van der Waals surface area contributed by atoms with Gasteiger partial charge >= 0.3 is 5.82 Å². The van der Waals surface area contributed by atoms with Crippen molar-refractivity contribution in [1.29, 1.82) is 0 Å². The Bertz CT molecular complexity index is 379. The maximum Gasteiger partial charge on any atom is 0.364 e. The van der Waals surface area contributed by atoms with Crippen molar-refractivity contribution < 1.29 is 9.72 Å². The van der Waals surface area contributed by atoms with Crippen molar-refractivity contribution in [3.63, 3.8) is 0 Å². The van der Waals surface area contributed by atoms with Crippen molar-refractivity contribution in [3.8, 4) is 0 Å². The fourth-order valence-corrected chi connectivity index (χ4v) is 1.22. The molecule has 0 atom stereocenters. The molecule has 6 nitrogen and oxygen atoms in total. The molecule has 0 aliphatic rings. The van der Waals surface area contributed by atoms with E-state index >= 15 is 0 Å². The molecule has 7 heteroatoms. The van der Waals surface area contributed by atoms with Gasteiger partial charge in [-0.25, -0.2) is 0 Å². The lowest BCUT2D eigenvalue weighted by Crippen LogP contribution is -2.12. The molecule has 1 heterocycles. The zero-order chi connectivity index (χ0) is 10.0. The number of halogens is 1. The number of carbonyl (C=O) groups is 1. The van der Waals surface area contributed by atoms with Crippen molar-refractivity contribution in [2.24, 2.45) is 5.73 Å². The highest BCUT2D eigenvalue weighted by molar-refractivity contribution is 9.10. The summed E-state index contributed by atoms with van der Waals surface area (Å²) in [7, 11) is 0. The Kier molecular flexibility index (Phi) is 2.57. The molecule has 2 N–H and O–H groups in total. The van der Waals surface area contributed by atoms with Crippen LogP contribution >= 0.6 is 15.9 Å². The highest BCUT2D eigenvalue weighted by Gasteiger charge is 2.15. The van der Waals surface area contributed by atoms with Gasteiger partial charge in [0.2, 0.25) is 4.60 Å². The lowest BCUT2D eigenvalue weighted by atomic mass is 10.3. The van der Waals surface area contributed by atoms with Crippen LogP contribution in [0.1, 0.15) is 10.4 Å². The topological polar surface area (TPSA) is 99.1 Å². The van der Waals surface area contributed by atoms with Crippen LogP contribution in [0.15, 0.2) is 16.7 Å². The Hall–Kier alpha value is -1.50. The molecule has 0 saturated heterocycles. The molecule has 0 saturated carbocycles. The molecule has 1 rings (SSSR count). The molecule has 13 heavy (non-hydrogen) atoms. The number of pyridine rings is 1. The van der Waals surface area contributed by atoms with Gasteiger partial charge in [0.05, 0.1) is 5.56 Å². The van der Waals surface area contributed by atoms with Gasteiger partial charge in [0.15, 0.2) is 0 Å². The summed E-state index contributed by atoms with van der Waals surface area (Å²) >= 11 is 2.90. The summed E-state index contributed by atoms with van der Waals surface area (Å²) in [6.07, 6.45) is 0. The monoisotopic (exact) mass is 245 g/mol. The van der Waals surface area contributed by atoms with E-state index < -0.39 is 10.8 Å². The van der Waals surface area contributed by atoms with Crippen molar-refractivity contribution in [2.75, 3.05) is 0 Å². The molecule has 0 fully saturated rings. The first-order valence-corrected chi connectivity index (χ1v) is 3.92. The van der Waals surface area contributed by atoms with Gasteiger partial charge in [0, 0.05) is 22.0 Å². The molecule has 0 bridgehead atoms. The lowest BCUT2D eigenvalue weighted by molar-refractivity contribution is -0.389. The Morgan fingerprint density at radius 1 is 1.62 bits per heavy atom. The van der Waals surface area contributed by atoms with Crippen LogP contribution in [0.4, 0.5) is 5.82 Å². The number of amides is 1. The predicted molar refractivity (Wildman–Crippen MR) is 47.1 cm³/mol. The van der Waals surface area contributed by atoms with Crippen LogP contribution in [0.2, 0.25) is 0 Å². The Morgan fingerprint density at radius 3 is 2.62 bits per heavy atom. The summed E-state index contributed by atoms with van der Waals surface area (Å²) in [5.41, 5.74) is 5.08. The lowest BCUT2D eigenvalue weighted by Gasteiger charge is -1.95. The quantitative estimate of drug-likeness (QED) is 0.475. The second kappa shape index (κ2) is 3.48. The van der Waals surface area contributed by atoms with Crippen LogP contribution in [0.5, 0.6) is 0 Å². The minimum absolute atomic E-state index is 0.0780. The number of nitro groups is 1. The molecular weight excluding hydrogens is 242 g/mol. The summed E-state index contributed by atoms with van der Waals surface area (Å²) in [6.45, 7) is 0. The fraction of sp³-hybridized carbons (Fsp3) is 0. The molecule has 0 spiro atoms. The molecule has 1 aromatic heterocycles.